The lowest BCUT2D eigenvalue weighted by Gasteiger charge is -2.23. The molecule has 0 radical (unpaired) electrons. The van der Waals surface area contributed by atoms with Gasteiger partial charge in [0.15, 0.2) is 0 Å². The van der Waals surface area contributed by atoms with Gasteiger partial charge in [0.1, 0.15) is 5.82 Å². The van der Waals surface area contributed by atoms with E-state index in [-0.39, 0.29) is 17.3 Å². The SMILES string of the molecule is COCCN(C(=O)Nc1c(F)cccc1C(=O)O)C1CC1. The molecule has 0 aromatic heterocycles. The zero-order chi connectivity index (χ0) is 15.4. The Kier molecular flexibility index (Phi) is 4.74. The second-order valence-electron chi connectivity index (χ2n) is 4.82. The number of urea groups is 1. The van der Waals surface area contributed by atoms with Crippen molar-refractivity contribution in [1.82, 2.24) is 4.90 Å². The van der Waals surface area contributed by atoms with Crippen LogP contribution >= 0.6 is 0 Å². The van der Waals surface area contributed by atoms with Crippen LogP contribution < -0.4 is 5.32 Å². The highest BCUT2D eigenvalue weighted by Gasteiger charge is 2.33. The van der Waals surface area contributed by atoms with Crippen LogP contribution in [0.15, 0.2) is 18.2 Å². The molecule has 21 heavy (non-hydrogen) atoms. The number of carbonyl (C=O) groups is 2. The summed E-state index contributed by atoms with van der Waals surface area (Å²) in [6.45, 7) is 0.747. The Morgan fingerprint density at radius 2 is 2.19 bits per heavy atom. The lowest BCUT2D eigenvalue weighted by Crippen LogP contribution is -2.39. The number of carboxylic acid groups (broad SMARTS) is 1. The number of carboxylic acids is 1. The fourth-order valence-electron chi connectivity index (χ4n) is 2.03. The predicted octanol–water partition coefficient (Wildman–Crippen LogP) is 2.17. The summed E-state index contributed by atoms with van der Waals surface area (Å²) in [4.78, 5) is 24.9. The molecule has 2 N–H and O–H groups in total. The Bertz CT molecular complexity index is 546. The third-order valence-electron chi connectivity index (χ3n) is 3.26. The van der Waals surface area contributed by atoms with Gasteiger partial charge in [-0.3, -0.25) is 0 Å². The second kappa shape index (κ2) is 6.53. The first-order valence-corrected chi connectivity index (χ1v) is 6.63. The summed E-state index contributed by atoms with van der Waals surface area (Å²) >= 11 is 0. The van der Waals surface area contributed by atoms with Crippen LogP contribution in [-0.4, -0.2) is 48.3 Å². The molecule has 2 amide bonds. The first-order valence-electron chi connectivity index (χ1n) is 6.63. The van der Waals surface area contributed by atoms with E-state index >= 15 is 0 Å². The Balaban J connectivity index is 2.16. The molecule has 0 heterocycles. The molecule has 1 aromatic carbocycles. The van der Waals surface area contributed by atoms with E-state index in [9.17, 15) is 14.0 Å². The number of hydrogen-bond acceptors (Lipinski definition) is 3. The molecule has 0 unspecified atom stereocenters. The van der Waals surface area contributed by atoms with Crippen LogP contribution in [-0.2, 0) is 4.74 Å². The van der Waals surface area contributed by atoms with E-state index in [0.717, 1.165) is 18.9 Å². The summed E-state index contributed by atoms with van der Waals surface area (Å²) in [5.41, 5.74) is -0.580. The number of benzene rings is 1. The third kappa shape index (κ3) is 3.69. The van der Waals surface area contributed by atoms with Crippen LogP contribution in [0, 0.1) is 5.82 Å². The van der Waals surface area contributed by atoms with Crippen LogP contribution in [0.4, 0.5) is 14.9 Å². The Hall–Kier alpha value is -2.15. The van der Waals surface area contributed by atoms with Gasteiger partial charge < -0.3 is 20.1 Å². The van der Waals surface area contributed by atoms with Gasteiger partial charge in [0.05, 0.1) is 17.9 Å². The van der Waals surface area contributed by atoms with Crippen LogP contribution in [0.2, 0.25) is 0 Å². The number of halogens is 1. The van der Waals surface area contributed by atoms with Crippen molar-refractivity contribution in [2.75, 3.05) is 25.6 Å². The van der Waals surface area contributed by atoms with Gasteiger partial charge in [-0.1, -0.05) is 6.07 Å². The molecule has 1 aliphatic rings. The summed E-state index contributed by atoms with van der Waals surface area (Å²) in [6, 6.07) is 3.25. The average molecular weight is 296 g/mol. The fraction of sp³-hybridized carbons (Fsp3) is 0.429. The van der Waals surface area contributed by atoms with Crippen molar-refractivity contribution in [3.63, 3.8) is 0 Å². The van der Waals surface area contributed by atoms with Crippen molar-refractivity contribution in [2.45, 2.75) is 18.9 Å². The molecular formula is C14H17FN2O4. The summed E-state index contributed by atoms with van der Waals surface area (Å²) in [6.07, 6.45) is 1.78. The third-order valence-corrected chi connectivity index (χ3v) is 3.26. The number of para-hydroxylation sites is 1. The van der Waals surface area contributed by atoms with E-state index in [2.05, 4.69) is 5.32 Å². The highest BCUT2D eigenvalue weighted by Crippen LogP contribution is 2.28. The number of ether oxygens (including phenoxy) is 1. The number of anilines is 1. The highest BCUT2D eigenvalue weighted by molar-refractivity contribution is 6.00. The maximum atomic E-state index is 13.8. The Morgan fingerprint density at radius 1 is 1.48 bits per heavy atom. The molecule has 0 bridgehead atoms. The van der Waals surface area contributed by atoms with Gasteiger partial charge in [-0.2, -0.15) is 0 Å². The number of hydrogen-bond donors (Lipinski definition) is 2. The van der Waals surface area contributed by atoms with E-state index in [0.29, 0.717) is 13.2 Å². The summed E-state index contributed by atoms with van der Waals surface area (Å²) in [5.74, 6) is -2.06. The molecule has 0 atom stereocenters. The van der Waals surface area contributed by atoms with Gasteiger partial charge in [0.2, 0.25) is 0 Å². The maximum absolute atomic E-state index is 13.8. The molecule has 0 aliphatic heterocycles. The minimum absolute atomic E-state index is 0.111. The molecule has 2 rings (SSSR count). The van der Waals surface area contributed by atoms with E-state index in [1.807, 2.05) is 0 Å². The van der Waals surface area contributed by atoms with Gasteiger partial charge in [-0.25, -0.2) is 14.0 Å². The number of carbonyl (C=O) groups excluding carboxylic acids is 1. The van der Waals surface area contributed by atoms with Gasteiger partial charge in [-0.05, 0) is 25.0 Å². The summed E-state index contributed by atoms with van der Waals surface area (Å²) in [7, 11) is 1.53. The Morgan fingerprint density at radius 3 is 2.76 bits per heavy atom. The number of nitrogens with zero attached hydrogens (tertiary/aromatic N) is 1. The molecule has 6 nitrogen and oxygen atoms in total. The fourth-order valence-corrected chi connectivity index (χ4v) is 2.03. The molecule has 1 aromatic rings. The smallest absolute Gasteiger partial charge is 0.337 e. The van der Waals surface area contributed by atoms with Gasteiger partial charge in [-0.15, -0.1) is 0 Å². The van der Waals surface area contributed by atoms with Crippen molar-refractivity contribution in [1.29, 1.82) is 0 Å². The van der Waals surface area contributed by atoms with Crippen LogP contribution in [0.25, 0.3) is 0 Å². The van der Waals surface area contributed by atoms with Gasteiger partial charge in [0, 0.05) is 19.7 Å². The van der Waals surface area contributed by atoms with Crippen molar-refractivity contribution in [2.24, 2.45) is 0 Å². The number of nitrogens with one attached hydrogen (secondary N) is 1. The summed E-state index contributed by atoms with van der Waals surface area (Å²) < 4.78 is 18.7. The minimum Gasteiger partial charge on any atom is -0.478 e. The summed E-state index contributed by atoms with van der Waals surface area (Å²) in [5, 5.41) is 11.4. The zero-order valence-electron chi connectivity index (χ0n) is 11.6. The number of aromatic carboxylic acids is 1. The maximum Gasteiger partial charge on any atom is 0.337 e. The average Bonchev–Trinajstić information content (AvgIpc) is 3.26. The van der Waals surface area contributed by atoms with Crippen molar-refractivity contribution < 1.29 is 23.8 Å². The first kappa shape index (κ1) is 15.2. The van der Waals surface area contributed by atoms with Gasteiger partial charge in [0.25, 0.3) is 0 Å². The second-order valence-corrected chi connectivity index (χ2v) is 4.82. The molecule has 0 saturated heterocycles. The predicted molar refractivity (Wildman–Crippen MR) is 74.0 cm³/mol. The van der Waals surface area contributed by atoms with Gasteiger partial charge >= 0.3 is 12.0 Å². The lowest BCUT2D eigenvalue weighted by molar-refractivity contribution is 0.0697. The first-order chi connectivity index (χ1) is 10.0. The molecule has 7 heteroatoms. The number of methoxy groups -OCH3 is 1. The molecule has 1 saturated carbocycles. The van der Waals surface area contributed by atoms with Crippen molar-refractivity contribution in [3.8, 4) is 0 Å². The minimum atomic E-state index is -1.29. The van der Waals surface area contributed by atoms with Crippen LogP contribution in [0.3, 0.4) is 0 Å². The molecule has 0 spiro atoms. The number of rotatable bonds is 6. The molecule has 1 fully saturated rings. The van der Waals surface area contributed by atoms with Crippen molar-refractivity contribution >= 4 is 17.7 Å². The number of amides is 2. The monoisotopic (exact) mass is 296 g/mol. The van der Waals surface area contributed by atoms with E-state index in [4.69, 9.17) is 9.84 Å². The standard InChI is InChI=1S/C14H17FN2O4/c1-21-8-7-17(9-5-6-9)14(20)16-12-10(13(18)19)3-2-4-11(12)15/h2-4,9H,5-8H2,1H3,(H,16,20)(H,18,19). The van der Waals surface area contributed by atoms with Crippen LogP contribution in [0.5, 0.6) is 0 Å². The zero-order valence-corrected chi connectivity index (χ0v) is 11.6. The van der Waals surface area contributed by atoms with Crippen molar-refractivity contribution in [3.05, 3.63) is 29.6 Å². The molecule has 1 aliphatic carbocycles. The molecular weight excluding hydrogens is 279 g/mol. The highest BCUT2D eigenvalue weighted by atomic mass is 19.1. The van der Waals surface area contributed by atoms with E-state index in [1.54, 1.807) is 4.90 Å². The van der Waals surface area contributed by atoms with E-state index in [1.165, 1.54) is 19.2 Å². The largest absolute Gasteiger partial charge is 0.478 e. The quantitative estimate of drug-likeness (QED) is 0.843. The van der Waals surface area contributed by atoms with E-state index < -0.39 is 17.8 Å². The van der Waals surface area contributed by atoms with Crippen LogP contribution in [0.1, 0.15) is 23.2 Å². The topological polar surface area (TPSA) is 78.9 Å². The Labute approximate surface area is 121 Å². The normalized spacial score (nSPS) is 13.8. The lowest BCUT2D eigenvalue weighted by atomic mass is 10.1. The molecule has 114 valence electrons.